The predicted octanol–water partition coefficient (Wildman–Crippen LogP) is 3.86. The number of rotatable bonds is 4. The normalized spacial score (nSPS) is 10.5. The van der Waals surface area contributed by atoms with Crippen LogP contribution in [0.25, 0.3) is 0 Å². The molecule has 2 aromatic rings. The van der Waals surface area contributed by atoms with Gasteiger partial charge in [-0.2, -0.15) is 0 Å². The van der Waals surface area contributed by atoms with E-state index < -0.39 is 5.97 Å². The molecule has 0 aliphatic rings. The van der Waals surface area contributed by atoms with Crippen molar-refractivity contribution in [1.29, 1.82) is 0 Å². The summed E-state index contributed by atoms with van der Waals surface area (Å²) in [4.78, 5) is 10.9. The molecule has 0 saturated carbocycles. The van der Waals surface area contributed by atoms with Gasteiger partial charge < -0.3 is 14.8 Å². The Morgan fingerprint density at radius 2 is 2.16 bits per heavy atom. The average Bonchev–Trinajstić information content (AvgIpc) is 2.73. The van der Waals surface area contributed by atoms with Crippen LogP contribution in [0.15, 0.2) is 28.7 Å². The summed E-state index contributed by atoms with van der Waals surface area (Å²) in [5.74, 6) is 0.00725. The minimum Gasteiger partial charge on any atom is -0.478 e. The number of hydrogen-bond acceptors (Lipinski definition) is 3. The number of halogens is 1. The first kappa shape index (κ1) is 13.5. The lowest BCUT2D eigenvalue weighted by atomic mass is 10.2. The van der Waals surface area contributed by atoms with E-state index in [1.807, 2.05) is 25.1 Å². The summed E-state index contributed by atoms with van der Waals surface area (Å²) in [6.45, 7) is 3.97. The molecule has 1 aromatic carbocycles. The van der Waals surface area contributed by atoms with Crippen LogP contribution in [0.5, 0.6) is 0 Å². The van der Waals surface area contributed by atoms with E-state index in [0.717, 1.165) is 11.3 Å². The van der Waals surface area contributed by atoms with E-state index in [1.165, 1.54) is 6.07 Å². The van der Waals surface area contributed by atoms with Crippen molar-refractivity contribution < 1.29 is 14.3 Å². The molecule has 0 unspecified atom stereocenters. The van der Waals surface area contributed by atoms with Crippen LogP contribution in [0.4, 0.5) is 5.69 Å². The SMILES string of the molecule is Cc1oc(CNc2cccc(Cl)c2C)cc1C(=O)O. The number of carboxylic acids is 1. The van der Waals surface area contributed by atoms with Gasteiger partial charge in [-0.25, -0.2) is 4.79 Å². The van der Waals surface area contributed by atoms with Gasteiger partial charge in [0.05, 0.1) is 6.54 Å². The van der Waals surface area contributed by atoms with Crippen molar-refractivity contribution in [2.45, 2.75) is 20.4 Å². The van der Waals surface area contributed by atoms with Gasteiger partial charge >= 0.3 is 5.97 Å². The number of hydrogen-bond donors (Lipinski definition) is 2. The van der Waals surface area contributed by atoms with E-state index in [-0.39, 0.29) is 5.56 Å². The van der Waals surface area contributed by atoms with Gasteiger partial charge in [-0.1, -0.05) is 17.7 Å². The van der Waals surface area contributed by atoms with Gasteiger partial charge in [0, 0.05) is 10.7 Å². The number of nitrogens with one attached hydrogen (secondary N) is 1. The summed E-state index contributed by atoms with van der Waals surface area (Å²) in [7, 11) is 0. The monoisotopic (exact) mass is 279 g/mol. The number of furan rings is 1. The molecule has 1 aromatic heterocycles. The highest BCUT2D eigenvalue weighted by atomic mass is 35.5. The third kappa shape index (κ3) is 2.90. The lowest BCUT2D eigenvalue weighted by Gasteiger charge is -2.08. The maximum atomic E-state index is 10.9. The number of carboxylic acid groups (broad SMARTS) is 1. The fourth-order valence-electron chi connectivity index (χ4n) is 1.82. The van der Waals surface area contributed by atoms with E-state index >= 15 is 0 Å². The van der Waals surface area contributed by atoms with E-state index in [1.54, 1.807) is 6.92 Å². The molecule has 0 fully saturated rings. The maximum absolute atomic E-state index is 10.9. The molecular weight excluding hydrogens is 266 g/mol. The number of aryl methyl sites for hydroxylation is 1. The highest BCUT2D eigenvalue weighted by molar-refractivity contribution is 6.31. The quantitative estimate of drug-likeness (QED) is 0.892. The zero-order valence-electron chi connectivity index (χ0n) is 10.7. The van der Waals surface area contributed by atoms with Crippen LogP contribution in [0.2, 0.25) is 5.02 Å². The zero-order valence-corrected chi connectivity index (χ0v) is 11.4. The fraction of sp³-hybridized carbons (Fsp3) is 0.214. The van der Waals surface area contributed by atoms with Crippen LogP contribution in [0.1, 0.15) is 27.4 Å². The van der Waals surface area contributed by atoms with Gasteiger partial charge in [-0.3, -0.25) is 0 Å². The van der Waals surface area contributed by atoms with E-state index in [4.69, 9.17) is 21.1 Å². The number of carbonyl (C=O) groups is 1. The van der Waals surface area contributed by atoms with Crippen molar-refractivity contribution in [3.63, 3.8) is 0 Å². The van der Waals surface area contributed by atoms with Crippen molar-refractivity contribution in [3.05, 3.63) is 51.9 Å². The second-order valence-electron chi connectivity index (χ2n) is 4.25. The van der Waals surface area contributed by atoms with Crippen LogP contribution < -0.4 is 5.32 Å². The van der Waals surface area contributed by atoms with Gasteiger partial charge in [0.25, 0.3) is 0 Å². The minimum absolute atomic E-state index is 0.194. The van der Waals surface area contributed by atoms with Crippen LogP contribution in [-0.2, 0) is 6.54 Å². The number of anilines is 1. The molecule has 4 nitrogen and oxygen atoms in total. The summed E-state index contributed by atoms with van der Waals surface area (Å²) in [6, 6.07) is 7.12. The molecule has 0 spiro atoms. The predicted molar refractivity (Wildman–Crippen MR) is 73.9 cm³/mol. The van der Waals surface area contributed by atoms with Gasteiger partial charge in [0.15, 0.2) is 0 Å². The second kappa shape index (κ2) is 5.36. The molecule has 0 bridgehead atoms. The fourth-order valence-corrected chi connectivity index (χ4v) is 2.00. The first-order valence-corrected chi connectivity index (χ1v) is 6.18. The first-order valence-electron chi connectivity index (χ1n) is 5.80. The molecule has 5 heteroatoms. The molecule has 19 heavy (non-hydrogen) atoms. The Bertz CT molecular complexity index is 619. The molecule has 2 rings (SSSR count). The molecule has 100 valence electrons. The molecule has 0 aliphatic heterocycles. The molecule has 0 radical (unpaired) electrons. The topological polar surface area (TPSA) is 62.5 Å². The zero-order chi connectivity index (χ0) is 14.0. The van der Waals surface area contributed by atoms with Gasteiger partial charge in [0.2, 0.25) is 0 Å². The number of benzene rings is 1. The van der Waals surface area contributed by atoms with Gasteiger partial charge in [0.1, 0.15) is 17.1 Å². The Balaban J connectivity index is 2.13. The van der Waals surface area contributed by atoms with Crippen molar-refractivity contribution in [3.8, 4) is 0 Å². The van der Waals surface area contributed by atoms with Crippen LogP contribution in [0.3, 0.4) is 0 Å². The molecule has 0 saturated heterocycles. The molecular formula is C14H14ClNO3. The Morgan fingerprint density at radius 3 is 2.79 bits per heavy atom. The van der Waals surface area contributed by atoms with Crippen molar-refractivity contribution in [2.75, 3.05) is 5.32 Å². The highest BCUT2D eigenvalue weighted by Gasteiger charge is 2.13. The molecule has 0 atom stereocenters. The van der Waals surface area contributed by atoms with E-state index in [9.17, 15) is 4.79 Å². The van der Waals surface area contributed by atoms with Crippen molar-refractivity contribution in [2.24, 2.45) is 0 Å². The summed E-state index contributed by atoms with van der Waals surface area (Å²) < 4.78 is 5.39. The first-order chi connectivity index (χ1) is 8.99. The van der Waals surface area contributed by atoms with Crippen molar-refractivity contribution >= 4 is 23.3 Å². The molecule has 0 amide bonds. The molecule has 0 aliphatic carbocycles. The third-order valence-corrected chi connectivity index (χ3v) is 3.33. The van der Waals surface area contributed by atoms with E-state index in [0.29, 0.717) is 23.1 Å². The minimum atomic E-state index is -0.980. The lowest BCUT2D eigenvalue weighted by Crippen LogP contribution is -2.00. The summed E-state index contributed by atoms with van der Waals surface area (Å²) >= 11 is 6.03. The lowest BCUT2D eigenvalue weighted by molar-refractivity contribution is 0.0695. The smallest absolute Gasteiger partial charge is 0.339 e. The molecule has 2 N–H and O–H groups in total. The van der Waals surface area contributed by atoms with Crippen molar-refractivity contribution in [1.82, 2.24) is 0 Å². The Morgan fingerprint density at radius 1 is 1.42 bits per heavy atom. The van der Waals surface area contributed by atoms with Crippen LogP contribution in [0, 0.1) is 13.8 Å². The summed E-state index contributed by atoms with van der Waals surface area (Å²) in [5, 5.41) is 12.8. The van der Waals surface area contributed by atoms with Gasteiger partial charge in [-0.15, -0.1) is 0 Å². The second-order valence-corrected chi connectivity index (χ2v) is 4.66. The Hall–Kier alpha value is -1.94. The molecule has 1 heterocycles. The standard InChI is InChI=1S/C14H14ClNO3/c1-8-12(15)4-3-5-13(8)16-7-10-6-11(14(17)18)9(2)19-10/h3-6,16H,7H2,1-2H3,(H,17,18). The third-order valence-electron chi connectivity index (χ3n) is 2.92. The summed E-state index contributed by atoms with van der Waals surface area (Å²) in [6.07, 6.45) is 0. The Labute approximate surface area is 116 Å². The number of aromatic carboxylic acids is 1. The largest absolute Gasteiger partial charge is 0.478 e. The average molecular weight is 280 g/mol. The van der Waals surface area contributed by atoms with E-state index in [2.05, 4.69) is 5.32 Å². The van der Waals surface area contributed by atoms with Gasteiger partial charge in [-0.05, 0) is 37.6 Å². The highest BCUT2D eigenvalue weighted by Crippen LogP contribution is 2.24. The van der Waals surface area contributed by atoms with Crippen LogP contribution in [-0.4, -0.2) is 11.1 Å². The van der Waals surface area contributed by atoms with Crippen LogP contribution >= 0.6 is 11.6 Å². The summed E-state index contributed by atoms with van der Waals surface area (Å²) in [5.41, 5.74) is 2.05. The Kier molecular flexibility index (Phi) is 3.81. The maximum Gasteiger partial charge on any atom is 0.339 e.